The molecule has 12 heavy (non-hydrogen) atoms. The third-order valence-electron chi connectivity index (χ3n) is 3.41. The Balaban J connectivity index is 1.90. The number of rotatable bonds is 2. The summed E-state index contributed by atoms with van der Waals surface area (Å²) in [6, 6.07) is 1.59. The van der Waals surface area contributed by atoms with Gasteiger partial charge in [-0.05, 0) is 24.7 Å². The number of hydrogen-bond acceptors (Lipinski definition) is 2. The van der Waals surface area contributed by atoms with E-state index >= 15 is 0 Å². The molecule has 0 aromatic carbocycles. The van der Waals surface area contributed by atoms with Crippen LogP contribution >= 0.6 is 11.8 Å². The lowest BCUT2D eigenvalue weighted by Gasteiger charge is -2.34. The Morgan fingerprint density at radius 2 is 2.17 bits per heavy atom. The molecule has 0 amide bonds. The van der Waals surface area contributed by atoms with E-state index in [2.05, 4.69) is 30.9 Å². The maximum atomic E-state index is 3.78. The van der Waals surface area contributed by atoms with Gasteiger partial charge in [-0.15, -0.1) is 0 Å². The van der Waals surface area contributed by atoms with Crippen molar-refractivity contribution in [2.45, 2.75) is 45.2 Å². The molecule has 0 bridgehead atoms. The lowest BCUT2D eigenvalue weighted by Crippen LogP contribution is -2.49. The molecule has 2 heteroatoms. The summed E-state index contributed by atoms with van der Waals surface area (Å²) in [5.74, 6) is 2.66. The van der Waals surface area contributed by atoms with Crippen LogP contribution in [0.15, 0.2) is 0 Å². The van der Waals surface area contributed by atoms with E-state index in [4.69, 9.17) is 0 Å². The van der Waals surface area contributed by atoms with Crippen LogP contribution in [0, 0.1) is 5.41 Å². The second-order valence-corrected chi connectivity index (χ2v) is 5.59. The summed E-state index contributed by atoms with van der Waals surface area (Å²) in [5, 5.41) is 3.78. The van der Waals surface area contributed by atoms with Crippen molar-refractivity contribution in [3.8, 4) is 0 Å². The van der Waals surface area contributed by atoms with Crippen LogP contribution in [0.2, 0.25) is 0 Å². The van der Waals surface area contributed by atoms with Gasteiger partial charge in [-0.25, -0.2) is 0 Å². The van der Waals surface area contributed by atoms with E-state index in [9.17, 15) is 0 Å². The SMILES string of the molecule is CCC1CSCC(C2(C)CC2)N1. The van der Waals surface area contributed by atoms with Crippen molar-refractivity contribution in [1.29, 1.82) is 0 Å². The predicted molar refractivity (Wildman–Crippen MR) is 55.7 cm³/mol. The maximum absolute atomic E-state index is 3.78. The molecule has 1 aliphatic heterocycles. The molecule has 1 nitrogen and oxygen atoms in total. The van der Waals surface area contributed by atoms with Crippen molar-refractivity contribution >= 4 is 11.8 Å². The zero-order chi connectivity index (χ0) is 8.60. The monoisotopic (exact) mass is 185 g/mol. The van der Waals surface area contributed by atoms with Gasteiger partial charge >= 0.3 is 0 Å². The Kier molecular flexibility index (Phi) is 2.39. The van der Waals surface area contributed by atoms with Gasteiger partial charge in [-0.1, -0.05) is 13.8 Å². The zero-order valence-corrected chi connectivity index (χ0v) is 8.91. The molecule has 1 N–H and O–H groups in total. The summed E-state index contributed by atoms with van der Waals surface area (Å²) >= 11 is 2.14. The molecular formula is C10H19NS. The first-order valence-electron chi connectivity index (χ1n) is 5.08. The summed E-state index contributed by atoms with van der Waals surface area (Å²) in [5.41, 5.74) is 0.668. The van der Waals surface area contributed by atoms with Crippen molar-refractivity contribution < 1.29 is 0 Å². The topological polar surface area (TPSA) is 12.0 Å². The molecule has 2 fully saturated rings. The maximum Gasteiger partial charge on any atom is 0.0214 e. The first-order chi connectivity index (χ1) is 5.74. The molecule has 70 valence electrons. The molecule has 0 radical (unpaired) electrons. The van der Waals surface area contributed by atoms with Crippen LogP contribution < -0.4 is 5.32 Å². The van der Waals surface area contributed by atoms with E-state index in [1.54, 1.807) is 0 Å². The van der Waals surface area contributed by atoms with Gasteiger partial charge in [0.2, 0.25) is 0 Å². The fraction of sp³-hybridized carbons (Fsp3) is 1.00. The highest BCUT2D eigenvalue weighted by molar-refractivity contribution is 7.99. The lowest BCUT2D eigenvalue weighted by atomic mass is 9.99. The van der Waals surface area contributed by atoms with Crippen LogP contribution in [0.25, 0.3) is 0 Å². The summed E-state index contributed by atoms with van der Waals surface area (Å²) < 4.78 is 0. The summed E-state index contributed by atoms with van der Waals surface area (Å²) in [6.07, 6.45) is 4.18. The average Bonchev–Trinajstić information content (AvgIpc) is 2.85. The standard InChI is InChI=1S/C10H19NS/c1-3-8-6-12-7-9(11-8)10(2)4-5-10/h8-9,11H,3-7H2,1-2H3. The normalized spacial score (nSPS) is 39.5. The quantitative estimate of drug-likeness (QED) is 0.708. The minimum absolute atomic E-state index is 0.668. The van der Waals surface area contributed by atoms with Gasteiger partial charge in [0.05, 0.1) is 0 Å². The van der Waals surface area contributed by atoms with Gasteiger partial charge < -0.3 is 5.32 Å². The molecular weight excluding hydrogens is 166 g/mol. The molecule has 1 aliphatic carbocycles. The third-order valence-corrected chi connectivity index (χ3v) is 4.62. The highest BCUT2D eigenvalue weighted by Crippen LogP contribution is 2.49. The molecule has 2 aliphatic rings. The number of thioether (sulfide) groups is 1. The van der Waals surface area contributed by atoms with Gasteiger partial charge in [0.15, 0.2) is 0 Å². The number of nitrogens with one attached hydrogen (secondary N) is 1. The largest absolute Gasteiger partial charge is 0.309 e. The van der Waals surface area contributed by atoms with Gasteiger partial charge in [0, 0.05) is 23.6 Å². The second kappa shape index (κ2) is 3.22. The van der Waals surface area contributed by atoms with Gasteiger partial charge in [-0.3, -0.25) is 0 Å². The Hall–Kier alpha value is 0.310. The van der Waals surface area contributed by atoms with E-state index in [-0.39, 0.29) is 0 Å². The van der Waals surface area contributed by atoms with Gasteiger partial charge in [-0.2, -0.15) is 11.8 Å². The van der Waals surface area contributed by atoms with E-state index in [0.717, 1.165) is 12.1 Å². The smallest absolute Gasteiger partial charge is 0.0214 e. The molecule has 2 unspecified atom stereocenters. The highest BCUT2D eigenvalue weighted by atomic mass is 32.2. The van der Waals surface area contributed by atoms with Crippen molar-refractivity contribution in [3.63, 3.8) is 0 Å². The predicted octanol–water partition coefficient (Wildman–Crippen LogP) is 2.27. The highest BCUT2D eigenvalue weighted by Gasteiger charge is 2.45. The molecule has 2 atom stereocenters. The van der Waals surface area contributed by atoms with Crippen molar-refractivity contribution in [3.05, 3.63) is 0 Å². The van der Waals surface area contributed by atoms with Crippen LogP contribution in [0.5, 0.6) is 0 Å². The zero-order valence-electron chi connectivity index (χ0n) is 8.10. The number of hydrogen-bond donors (Lipinski definition) is 1. The molecule has 1 saturated heterocycles. The Bertz CT molecular complexity index is 165. The average molecular weight is 185 g/mol. The Labute approximate surface area is 79.7 Å². The van der Waals surface area contributed by atoms with Crippen molar-refractivity contribution in [2.75, 3.05) is 11.5 Å². The third kappa shape index (κ3) is 1.64. The minimum atomic E-state index is 0.668. The van der Waals surface area contributed by atoms with Crippen molar-refractivity contribution in [2.24, 2.45) is 5.41 Å². The molecule has 1 saturated carbocycles. The van der Waals surface area contributed by atoms with E-state index in [1.165, 1.54) is 30.8 Å². The van der Waals surface area contributed by atoms with E-state index in [0.29, 0.717) is 5.41 Å². The van der Waals surface area contributed by atoms with Crippen molar-refractivity contribution in [1.82, 2.24) is 5.32 Å². The summed E-state index contributed by atoms with van der Waals surface area (Å²) in [6.45, 7) is 4.72. The van der Waals surface area contributed by atoms with Crippen LogP contribution in [0.4, 0.5) is 0 Å². The van der Waals surface area contributed by atoms with Crippen LogP contribution in [-0.4, -0.2) is 23.6 Å². The van der Waals surface area contributed by atoms with Crippen LogP contribution in [-0.2, 0) is 0 Å². The molecule has 2 rings (SSSR count). The van der Waals surface area contributed by atoms with Crippen LogP contribution in [0.1, 0.15) is 33.1 Å². The first kappa shape index (κ1) is 8.89. The molecule has 0 aromatic rings. The lowest BCUT2D eigenvalue weighted by molar-refractivity contribution is 0.342. The molecule has 0 spiro atoms. The van der Waals surface area contributed by atoms with E-state index < -0.39 is 0 Å². The van der Waals surface area contributed by atoms with Gasteiger partial charge in [0.1, 0.15) is 0 Å². The Morgan fingerprint density at radius 1 is 1.42 bits per heavy atom. The fourth-order valence-corrected chi connectivity index (χ4v) is 3.38. The Morgan fingerprint density at radius 3 is 2.75 bits per heavy atom. The summed E-state index contributed by atoms with van der Waals surface area (Å²) in [4.78, 5) is 0. The molecule has 1 heterocycles. The fourth-order valence-electron chi connectivity index (χ4n) is 1.89. The summed E-state index contributed by atoms with van der Waals surface area (Å²) in [7, 11) is 0. The van der Waals surface area contributed by atoms with E-state index in [1.807, 2.05) is 0 Å². The van der Waals surface area contributed by atoms with Gasteiger partial charge in [0.25, 0.3) is 0 Å². The molecule has 0 aromatic heterocycles. The second-order valence-electron chi connectivity index (χ2n) is 4.52. The van der Waals surface area contributed by atoms with Crippen LogP contribution in [0.3, 0.4) is 0 Å². The first-order valence-corrected chi connectivity index (χ1v) is 6.24. The minimum Gasteiger partial charge on any atom is -0.309 e.